The number of methoxy groups -OCH3 is 2. The van der Waals surface area contributed by atoms with E-state index in [9.17, 15) is 13.2 Å². The molecule has 27 heavy (non-hydrogen) atoms. The number of nitrogens with zero attached hydrogens (tertiary/aromatic N) is 1. The summed E-state index contributed by atoms with van der Waals surface area (Å²) >= 11 is 1.19. The van der Waals surface area contributed by atoms with Gasteiger partial charge in [0.15, 0.2) is 0 Å². The van der Waals surface area contributed by atoms with E-state index in [-0.39, 0.29) is 12.5 Å². The minimum Gasteiger partial charge on any atom is -0.497 e. The molecule has 7 nitrogen and oxygen atoms in total. The van der Waals surface area contributed by atoms with Crippen molar-refractivity contribution in [1.82, 2.24) is 4.31 Å². The first-order valence-corrected chi connectivity index (χ1v) is 10.8. The van der Waals surface area contributed by atoms with Gasteiger partial charge in [0.05, 0.1) is 25.8 Å². The van der Waals surface area contributed by atoms with Crippen LogP contribution >= 0.6 is 11.3 Å². The highest BCUT2D eigenvalue weighted by molar-refractivity contribution is 7.91. The molecule has 1 aromatic carbocycles. The van der Waals surface area contributed by atoms with Gasteiger partial charge in [-0.3, -0.25) is 4.79 Å². The smallest absolute Gasteiger partial charge is 0.252 e. The second-order valence-electron chi connectivity index (χ2n) is 6.19. The average Bonchev–Trinajstić information content (AvgIpc) is 3.24. The average molecular weight is 411 g/mol. The number of sulfonamides is 1. The Bertz CT molecular complexity index is 896. The van der Waals surface area contributed by atoms with Crippen LogP contribution in [0.25, 0.3) is 0 Å². The zero-order valence-electron chi connectivity index (χ0n) is 15.2. The second-order valence-corrected chi connectivity index (χ2v) is 9.30. The van der Waals surface area contributed by atoms with Gasteiger partial charge in [-0.15, -0.1) is 11.3 Å². The third kappa shape index (κ3) is 4.26. The number of anilines is 1. The maximum atomic E-state index is 12.7. The fourth-order valence-electron chi connectivity index (χ4n) is 3.05. The lowest BCUT2D eigenvalue weighted by Crippen LogP contribution is -2.43. The molecule has 9 heteroatoms. The molecule has 0 saturated carbocycles. The van der Waals surface area contributed by atoms with E-state index in [1.807, 2.05) is 0 Å². The SMILES string of the molecule is COc1ccc(NC(=O)[C@@H]2CCCN(S(=O)(=O)c3cccs3)C2)c(OC)c1. The van der Waals surface area contributed by atoms with Crippen LogP contribution < -0.4 is 14.8 Å². The highest BCUT2D eigenvalue weighted by atomic mass is 32.2. The first kappa shape index (κ1) is 19.7. The van der Waals surface area contributed by atoms with Gasteiger partial charge < -0.3 is 14.8 Å². The van der Waals surface area contributed by atoms with Crippen LogP contribution in [-0.4, -0.2) is 45.9 Å². The normalized spacial score (nSPS) is 18.1. The van der Waals surface area contributed by atoms with Gasteiger partial charge in [-0.05, 0) is 36.4 Å². The molecule has 3 rings (SSSR count). The van der Waals surface area contributed by atoms with Crippen LogP contribution in [0.15, 0.2) is 39.9 Å². The molecule has 0 spiro atoms. The number of benzene rings is 1. The Labute approximate surface area is 163 Å². The highest BCUT2D eigenvalue weighted by Crippen LogP contribution is 2.31. The minimum atomic E-state index is -3.55. The predicted octanol–water partition coefficient (Wildman–Crippen LogP) is 2.80. The van der Waals surface area contributed by atoms with E-state index in [1.165, 1.54) is 22.8 Å². The van der Waals surface area contributed by atoms with Crippen molar-refractivity contribution in [1.29, 1.82) is 0 Å². The van der Waals surface area contributed by atoms with E-state index in [2.05, 4.69) is 5.32 Å². The summed E-state index contributed by atoms with van der Waals surface area (Å²) in [5.41, 5.74) is 0.529. The van der Waals surface area contributed by atoms with Gasteiger partial charge in [-0.1, -0.05) is 6.07 Å². The van der Waals surface area contributed by atoms with E-state index in [0.29, 0.717) is 40.8 Å². The number of nitrogens with one attached hydrogen (secondary N) is 1. The second kappa shape index (κ2) is 8.28. The van der Waals surface area contributed by atoms with Crippen molar-refractivity contribution in [2.24, 2.45) is 5.92 Å². The van der Waals surface area contributed by atoms with Gasteiger partial charge in [-0.2, -0.15) is 4.31 Å². The molecule has 1 saturated heterocycles. The Morgan fingerprint density at radius 2 is 2.07 bits per heavy atom. The van der Waals surface area contributed by atoms with Gasteiger partial charge >= 0.3 is 0 Å². The Morgan fingerprint density at radius 3 is 2.74 bits per heavy atom. The first-order valence-electron chi connectivity index (χ1n) is 8.52. The van der Waals surface area contributed by atoms with Gasteiger partial charge in [-0.25, -0.2) is 8.42 Å². The van der Waals surface area contributed by atoms with Gasteiger partial charge in [0.25, 0.3) is 10.0 Å². The molecule has 146 valence electrons. The molecule has 0 bridgehead atoms. The number of hydrogen-bond donors (Lipinski definition) is 1. The van der Waals surface area contributed by atoms with Crippen molar-refractivity contribution in [3.63, 3.8) is 0 Å². The van der Waals surface area contributed by atoms with Crippen LogP contribution in [0.5, 0.6) is 11.5 Å². The summed E-state index contributed by atoms with van der Waals surface area (Å²) in [5.74, 6) is 0.474. The summed E-state index contributed by atoms with van der Waals surface area (Å²) in [5, 5.41) is 4.58. The van der Waals surface area contributed by atoms with E-state index in [4.69, 9.17) is 9.47 Å². The number of thiophene rings is 1. The third-order valence-electron chi connectivity index (χ3n) is 4.51. The van der Waals surface area contributed by atoms with E-state index < -0.39 is 15.9 Å². The number of ether oxygens (including phenoxy) is 2. The lowest BCUT2D eigenvalue weighted by atomic mass is 9.98. The molecule has 1 N–H and O–H groups in total. The summed E-state index contributed by atoms with van der Waals surface area (Å²) in [4.78, 5) is 12.7. The number of carbonyl (C=O) groups is 1. The van der Waals surface area contributed by atoms with E-state index >= 15 is 0 Å². The van der Waals surface area contributed by atoms with Gasteiger partial charge in [0, 0.05) is 19.2 Å². The van der Waals surface area contributed by atoms with Crippen molar-refractivity contribution in [3.05, 3.63) is 35.7 Å². The topological polar surface area (TPSA) is 84.9 Å². The number of rotatable bonds is 6. The molecular formula is C18H22N2O5S2. The fourth-order valence-corrected chi connectivity index (χ4v) is 5.72. The Kier molecular flexibility index (Phi) is 6.03. The lowest BCUT2D eigenvalue weighted by Gasteiger charge is -2.30. The number of piperidine rings is 1. The Balaban J connectivity index is 1.72. The van der Waals surface area contributed by atoms with E-state index in [1.54, 1.807) is 42.8 Å². The largest absolute Gasteiger partial charge is 0.497 e. The fraction of sp³-hybridized carbons (Fsp3) is 0.389. The van der Waals surface area contributed by atoms with Gasteiger partial charge in [0.2, 0.25) is 5.91 Å². The van der Waals surface area contributed by atoms with Crippen molar-refractivity contribution in [2.75, 3.05) is 32.6 Å². The van der Waals surface area contributed by atoms with Crippen molar-refractivity contribution in [2.45, 2.75) is 17.1 Å². The molecular weight excluding hydrogens is 388 g/mol. The standard InChI is InChI=1S/C18H22N2O5S2/c1-24-14-7-8-15(16(11-14)25-2)19-18(21)13-5-3-9-20(12-13)27(22,23)17-6-4-10-26-17/h4,6-8,10-11,13H,3,5,9,12H2,1-2H3,(H,19,21)/t13-/m1/s1. The molecule has 0 unspecified atom stereocenters. The molecule has 1 atom stereocenters. The van der Waals surface area contributed by atoms with Crippen LogP contribution in [0, 0.1) is 5.92 Å². The Hall–Kier alpha value is -2.10. The Morgan fingerprint density at radius 1 is 1.26 bits per heavy atom. The maximum Gasteiger partial charge on any atom is 0.252 e. The predicted molar refractivity (Wildman–Crippen MR) is 104 cm³/mol. The van der Waals surface area contributed by atoms with Gasteiger partial charge in [0.1, 0.15) is 15.7 Å². The quantitative estimate of drug-likeness (QED) is 0.792. The van der Waals surface area contributed by atoms with Crippen LogP contribution in [0.2, 0.25) is 0 Å². The minimum absolute atomic E-state index is 0.171. The third-order valence-corrected chi connectivity index (χ3v) is 7.75. The maximum absolute atomic E-state index is 12.7. The number of hydrogen-bond acceptors (Lipinski definition) is 6. The number of amides is 1. The summed E-state index contributed by atoms with van der Waals surface area (Å²) in [6.07, 6.45) is 1.28. The molecule has 1 fully saturated rings. The molecule has 0 radical (unpaired) electrons. The number of carbonyl (C=O) groups excluding carboxylic acids is 1. The summed E-state index contributed by atoms with van der Waals surface area (Å²) in [6, 6.07) is 8.42. The lowest BCUT2D eigenvalue weighted by molar-refractivity contribution is -0.120. The van der Waals surface area contributed by atoms with Crippen molar-refractivity contribution >= 4 is 33.0 Å². The summed E-state index contributed by atoms with van der Waals surface area (Å²) in [7, 11) is -0.482. The molecule has 1 aromatic heterocycles. The molecule has 1 amide bonds. The van der Waals surface area contributed by atoms with Crippen LogP contribution in [-0.2, 0) is 14.8 Å². The summed E-state index contributed by atoms with van der Waals surface area (Å²) < 4.78 is 37.6. The molecule has 1 aliphatic heterocycles. The van der Waals surface area contributed by atoms with Crippen LogP contribution in [0.3, 0.4) is 0 Å². The van der Waals surface area contributed by atoms with Crippen LogP contribution in [0.4, 0.5) is 5.69 Å². The monoisotopic (exact) mass is 410 g/mol. The zero-order valence-corrected chi connectivity index (χ0v) is 16.8. The molecule has 0 aliphatic carbocycles. The first-order chi connectivity index (χ1) is 13.0. The van der Waals surface area contributed by atoms with Crippen LogP contribution in [0.1, 0.15) is 12.8 Å². The summed E-state index contributed by atoms with van der Waals surface area (Å²) in [6.45, 7) is 0.598. The zero-order chi connectivity index (χ0) is 19.4. The van der Waals surface area contributed by atoms with Crippen molar-refractivity contribution < 1.29 is 22.7 Å². The molecule has 2 aromatic rings. The highest BCUT2D eigenvalue weighted by Gasteiger charge is 2.34. The van der Waals surface area contributed by atoms with E-state index in [0.717, 1.165) is 0 Å². The molecule has 1 aliphatic rings. The van der Waals surface area contributed by atoms with Crippen molar-refractivity contribution in [3.8, 4) is 11.5 Å². The molecule has 2 heterocycles.